The molecule has 6 heteroatoms. The molecule has 0 fully saturated rings. The summed E-state index contributed by atoms with van der Waals surface area (Å²) in [4.78, 5) is 19.3. The van der Waals surface area contributed by atoms with Gasteiger partial charge in [0.1, 0.15) is 12.1 Å². The third kappa shape index (κ3) is 4.56. The zero-order valence-corrected chi connectivity index (χ0v) is 12.8. The molecule has 0 amide bonds. The number of hydrogen-bond donors (Lipinski definition) is 2. The van der Waals surface area contributed by atoms with E-state index in [-0.39, 0.29) is 18.0 Å². The first-order valence-corrected chi connectivity index (χ1v) is 6.94. The molecule has 2 rings (SSSR count). The van der Waals surface area contributed by atoms with E-state index in [0.29, 0.717) is 5.52 Å². The summed E-state index contributed by atoms with van der Waals surface area (Å²) in [5.41, 5.74) is 0.890. The minimum Gasteiger partial charge on any atom is -0.478 e. The lowest BCUT2D eigenvalue weighted by molar-refractivity contribution is 0.0697. The minimum absolute atomic E-state index is 0. The van der Waals surface area contributed by atoms with E-state index in [4.69, 9.17) is 5.11 Å². The number of nitrogens with zero attached hydrogens (tertiary/aromatic N) is 2. The van der Waals surface area contributed by atoms with Crippen LogP contribution in [0.25, 0.3) is 10.9 Å². The smallest absolute Gasteiger partial charge is 0.335 e. The minimum atomic E-state index is -0.945. The van der Waals surface area contributed by atoms with Crippen molar-refractivity contribution in [1.29, 1.82) is 0 Å². The molecule has 0 unspecified atom stereocenters. The van der Waals surface area contributed by atoms with Gasteiger partial charge in [0, 0.05) is 11.9 Å². The highest BCUT2D eigenvalue weighted by Crippen LogP contribution is 2.20. The Morgan fingerprint density at radius 3 is 2.76 bits per heavy atom. The summed E-state index contributed by atoms with van der Waals surface area (Å²) in [5.74, 6) is -0.178. The van der Waals surface area contributed by atoms with Crippen molar-refractivity contribution in [2.75, 3.05) is 11.9 Å². The van der Waals surface area contributed by atoms with E-state index in [0.717, 1.165) is 24.2 Å². The number of anilines is 1. The summed E-state index contributed by atoms with van der Waals surface area (Å²) in [5, 5.41) is 13.1. The van der Waals surface area contributed by atoms with Crippen LogP contribution in [0.2, 0.25) is 0 Å². The molecule has 0 saturated heterocycles. The zero-order valence-electron chi connectivity index (χ0n) is 12.0. The van der Waals surface area contributed by atoms with Crippen molar-refractivity contribution in [3.63, 3.8) is 0 Å². The van der Waals surface area contributed by atoms with E-state index in [9.17, 15) is 4.79 Å². The first-order chi connectivity index (χ1) is 9.72. The number of nitrogens with one attached hydrogen (secondary N) is 1. The highest BCUT2D eigenvalue weighted by Gasteiger charge is 2.07. The molecule has 0 radical (unpaired) electrons. The van der Waals surface area contributed by atoms with E-state index in [2.05, 4.69) is 22.2 Å². The normalized spacial score (nSPS) is 10.1. The number of fused-ring (bicyclic) bond motifs is 1. The largest absolute Gasteiger partial charge is 0.478 e. The topological polar surface area (TPSA) is 75.1 Å². The second kappa shape index (κ2) is 8.42. The summed E-state index contributed by atoms with van der Waals surface area (Å²) >= 11 is 0. The van der Waals surface area contributed by atoms with Gasteiger partial charge in [0.2, 0.25) is 0 Å². The molecule has 114 valence electrons. The molecule has 0 aliphatic carbocycles. The molecule has 2 aromatic rings. The maximum absolute atomic E-state index is 10.9. The van der Waals surface area contributed by atoms with Gasteiger partial charge in [-0.05, 0) is 24.6 Å². The maximum atomic E-state index is 10.9. The van der Waals surface area contributed by atoms with Crippen LogP contribution in [0.4, 0.5) is 5.82 Å². The predicted octanol–water partition coefficient (Wildman–Crippen LogP) is 3.74. The quantitative estimate of drug-likeness (QED) is 0.762. The number of halogens is 1. The number of rotatable bonds is 7. The van der Waals surface area contributed by atoms with Crippen molar-refractivity contribution in [1.82, 2.24) is 9.97 Å². The molecule has 21 heavy (non-hydrogen) atoms. The van der Waals surface area contributed by atoms with Gasteiger partial charge in [-0.15, -0.1) is 12.4 Å². The Kier molecular flexibility index (Phi) is 6.88. The van der Waals surface area contributed by atoms with Crippen molar-refractivity contribution >= 4 is 35.1 Å². The predicted molar refractivity (Wildman–Crippen MR) is 86.4 cm³/mol. The lowest BCUT2D eigenvalue weighted by atomic mass is 10.1. The zero-order chi connectivity index (χ0) is 14.4. The van der Waals surface area contributed by atoms with Gasteiger partial charge >= 0.3 is 5.97 Å². The van der Waals surface area contributed by atoms with Gasteiger partial charge < -0.3 is 10.4 Å². The van der Waals surface area contributed by atoms with Crippen LogP contribution in [0, 0.1) is 0 Å². The van der Waals surface area contributed by atoms with E-state index in [1.807, 2.05) is 0 Å². The SMILES string of the molecule is CCCCCCNc1ncnc2cc(C(=O)O)ccc12.Cl. The van der Waals surface area contributed by atoms with Crippen molar-refractivity contribution in [2.24, 2.45) is 0 Å². The Balaban J connectivity index is 0.00000220. The number of carboxylic acid groups (broad SMARTS) is 1. The van der Waals surface area contributed by atoms with Crippen LogP contribution in [0.1, 0.15) is 43.0 Å². The van der Waals surface area contributed by atoms with Gasteiger partial charge in [0.25, 0.3) is 0 Å². The van der Waals surface area contributed by atoms with E-state index >= 15 is 0 Å². The van der Waals surface area contributed by atoms with Crippen LogP contribution >= 0.6 is 12.4 Å². The molecule has 0 bridgehead atoms. The average molecular weight is 310 g/mol. The van der Waals surface area contributed by atoms with Crippen LogP contribution in [-0.4, -0.2) is 27.6 Å². The van der Waals surface area contributed by atoms with E-state index in [1.54, 1.807) is 18.2 Å². The number of aromatic carboxylic acids is 1. The first-order valence-electron chi connectivity index (χ1n) is 6.94. The number of carboxylic acids is 1. The average Bonchev–Trinajstić information content (AvgIpc) is 2.46. The number of hydrogen-bond acceptors (Lipinski definition) is 4. The molecule has 2 N–H and O–H groups in total. The Morgan fingerprint density at radius 1 is 1.24 bits per heavy atom. The van der Waals surface area contributed by atoms with Crippen molar-refractivity contribution < 1.29 is 9.90 Å². The molecule has 1 aromatic heterocycles. The van der Waals surface area contributed by atoms with Gasteiger partial charge in [0.05, 0.1) is 11.1 Å². The number of aromatic nitrogens is 2. The lowest BCUT2D eigenvalue weighted by Crippen LogP contribution is -2.05. The standard InChI is InChI=1S/C15H19N3O2.ClH/c1-2-3-4-5-8-16-14-12-7-6-11(15(19)20)9-13(12)17-10-18-14;/h6-7,9-10H,2-5,8H2,1H3,(H,19,20)(H,16,17,18);1H. The van der Waals surface area contributed by atoms with Crippen molar-refractivity contribution in [3.05, 3.63) is 30.1 Å². The molecule has 0 atom stereocenters. The second-order valence-corrected chi connectivity index (χ2v) is 4.75. The van der Waals surface area contributed by atoms with Crippen LogP contribution in [-0.2, 0) is 0 Å². The fraction of sp³-hybridized carbons (Fsp3) is 0.400. The monoisotopic (exact) mass is 309 g/mol. The fourth-order valence-corrected chi connectivity index (χ4v) is 2.09. The number of benzene rings is 1. The van der Waals surface area contributed by atoms with Gasteiger partial charge in [-0.1, -0.05) is 26.2 Å². The third-order valence-electron chi connectivity index (χ3n) is 3.21. The molecule has 1 heterocycles. The molecule has 0 spiro atoms. The van der Waals surface area contributed by atoms with Gasteiger partial charge in [0.15, 0.2) is 0 Å². The Morgan fingerprint density at radius 2 is 2.05 bits per heavy atom. The Bertz CT molecular complexity index is 604. The summed E-state index contributed by atoms with van der Waals surface area (Å²) in [7, 11) is 0. The summed E-state index contributed by atoms with van der Waals surface area (Å²) < 4.78 is 0. The summed E-state index contributed by atoms with van der Waals surface area (Å²) in [6.07, 6.45) is 6.23. The molecule has 0 aliphatic rings. The molecular formula is C15H20ClN3O2. The van der Waals surface area contributed by atoms with Crippen LogP contribution in [0.3, 0.4) is 0 Å². The Hall–Kier alpha value is -1.88. The fourth-order valence-electron chi connectivity index (χ4n) is 2.09. The molecule has 0 saturated carbocycles. The van der Waals surface area contributed by atoms with Crippen LogP contribution < -0.4 is 5.32 Å². The lowest BCUT2D eigenvalue weighted by Gasteiger charge is -2.08. The van der Waals surface area contributed by atoms with Crippen molar-refractivity contribution in [2.45, 2.75) is 32.6 Å². The second-order valence-electron chi connectivity index (χ2n) is 4.75. The number of carbonyl (C=O) groups is 1. The molecular weight excluding hydrogens is 290 g/mol. The van der Waals surface area contributed by atoms with Gasteiger partial charge in [-0.25, -0.2) is 14.8 Å². The molecule has 1 aromatic carbocycles. The van der Waals surface area contributed by atoms with Crippen LogP contribution in [0.15, 0.2) is 24.5 Å². The van der Waals surface area contributed by atoms with Gasteiger partial charge in [-0.3, -0.25) is 0 Å². The van der Waals surface area contributed by atoms with E-state index in [1.165, 1.54) is 25.6 Å². The molecule has 0 aliphatic heterocycles. The molecule has 5 nitrogen and oxygen atoms in total. The Labute approximate surface area is 130 Å². The van der Waals surface area contributed by atoms with Gasteiger partial charge in [-0.2, -0.15) is 0 Å². The van der Waals surface area contributed by atoms with Crippen LogP contribution in [0.5, 0.6) is 0 Å². The maximum Gasteiger partial charge on any atom is 0.335 e. The summed E-state index contributed by atoms with van der Waals surface area (Å²) in [6, 6.07) is 4.91. The number of unbranched alkanes of at least 4 members (excludes halogenated alkanes) is 3. The highest BCUT2D eigenvalue weighted by molar-refractivity contribution is 5.96. The van der Waals surface area contributed by atoms with Crippen molar-refractivity contribution in [3.8, 4) is 0 Å². The first kappa shape index (κ1) is 17.2. The highest BCUT2D eigenvalue weighted by atomic mass is 35.5. The van der Waals surface area contributed by atoms with E-state index < -0.39 is 5.97 Å². The summed E-state index contributed by atoms with van der Waals surface area (Å²) in [6.45, 7) is 3.05. The third-order valence-corrected chi connectivity index (χ3v) is 3.21.